The highest BCUT2D eigenvalue weighted by molar-refractivity contribution is 4.99. The Hall–Kier alpha value is -0.950. The summed E-state index contributed by atoms with van der Waals surface area (Å²) in [5.74, 6) is 0. The Morgan fingerprint density at radius 2 is 1.90 bits per heavy atom. The molecule has 0 aliphatic heterocycles. The van der Waals surface area contributed by atoms with Crippen molar-refractivity contribution in [2.24, 2.45) is 0 Å². The molecule has 0 radical (unpaired) electrons. The van der Waals surface area contributed by atoms with Gasteiger partial charge in [-0.05, 0) is 19.0 Å². The number of aromatic nitrogens is 2. The molecule has 1 aromatic rings. The van der Waals surface area contributed by atoms with E-state index in [0.717, 1.165) is 26.1 Å². The predicted octanol–water partition coefficient (Wildman–Crippen LogP) is 1.06. The Morgan fingerprint density at radius 1 is 1.15 bits per heavy atom. The number of rotatable bonds is 13. The Bertz CT molecular complexity index is 331. The van der Waals surface area contributed by atoms with Crippen LogP contribution in [-0.2, 0) is 27.3 Å². The molecule has 0 atom stereocenters. The predicted molar refractivity (Wildman–Crippen MR) is 77.7 cm³/mol. The molecule has 0 aliphatic rings. The number of hydrogen-bond acceptors (Lipinski definition) is 5. The average molecular weight is 285 g/mol. The third kappa shape index (κ3) is 7.59. The third-order valence-corrected chi connectivity index (χ3v) is 2.79. The van der Waals surface area contributed by atoms with Gasteiger partial charge in [-0.25, -0.2) is 0 Å². The van der Waals surface area contributed by atoms with E-state index in [9.17, 15) is 0 Å². The fraction of sp³-hybridized carbons (Fsp3) is 0.786. The maximum Gasteiger partial charge on any atom is 0.0701 e. The van der Waals surface area contributed by atoms with Gasteiger partial charge in [0, 0.05) is 19.9 Å². The fourth-order valence-corrected chi connectivity index (χ4v) is 1.72. The van der Waals surface area contributed by atoms with E-state index < -0.39 is 0 Å². The third-order valence-electron chi connectivity index (χ3n) is 2.79. The van der Waals surface area contributed by atoms with Crippen LogP contribution in [0.5, 0.6) is 0 Å². The molecule has 20 heavy (non-hydrogen) atoms. The van der Waals surface area contributed by atoms with Crippen molar-refractivity contribution in [3.8, 4) is 0 Å². The molecule has 0 bridgehead atoms. The van der Waals surface area contributed by atoms with Crippen molar-refractivity contribution in [3.63, 3.8) is 0 Å². The van der Waals surface area contributed by atoms with Gasteiger partial charge in [-0.3, -0.25) is 4.68 Å². The van der Waals surface area contributed by atoms with E-state index in [1.807, 2.05) is 16.9 Å². The minimum Gasteiger partial charge on any atom is -0.382 e. The van der Waals surface area contributed by atoms with Crippen LogP contribution in [0.2, 0.25) is 0 Å². The second kappa shape index (κ2) is 11.8. The summed E-state index contributed by atoms with van der Waals surface area (Å²) in [6.07, 6.45) is 2.97. The summed E-state index contributed by atoms with van der Waals surface area (Å²) >= 11 is 0. The van der Waals surface area contributed by atoms with E-state index >= 15 is 0 Å². The first-order chi connectivity index (χ1) is 9.88. The molecular weight excluding hydrogens is 258 g/mol. The number of ether oxygens (including phenoxy) is 3. The molecule has 1 heterocycles. The molecule has 0 aliphatic carbocycles. The Labute approximate surface area is 121 Å². The minimum absolute atomic E-state index is 0.605. The molecule has 1 N–H and O–H groups in total. The van der Waals surface area contributed by atoms with Crippen LogP contribution in [0, 0.1) is 0 Å². The summed E-state index contributed by atoms with van der Waals surface area (Å²) in [5, 5.41) is 7.68. The molecule has 0 saturated carbocycles. The molecule has 0 unspecified atom stereocenters. The number of nitrogens with zero attached hydrogens (tertiary/aromatic N) is 2. The summed E-state index contributed by atoms with van der Waals surface area (Å²) < 4.78 is 17.7. The zero-order valence-electron chi connectivity index (χ0n) is 12.6. The van der Waals surface area contributed by atoms with Gasteiger partial charge in [-0.15, -0.1) is 0 Å². The lowest BCUT2D eigenvalue weighted by Crippen LogP contribution is -2.19. The average Bonchev–Trinajstić information content (AvgIpc) is 2.90. The Kier molecular flexibility index (Phi) is 10.1. The van der Waals surface area contributed by atoms with Crippen molar-refractivity contribution < 1.29 is 14.2 Å². The van der Waals surface area contributed by atoms with Gasteiger partial charge in [0.1, 0.15) is 0 Å². The van der Waals surface area contributed by atoms with Crippen molar-refractivity contribution in [1.29, 1.82) is 0 Å². The van der Waals surface area contributed by atoms with E-state index in [1.54, 1.807) is 7.11 Å². The van der Waals surface area contributed by atoms with Crippen LogP contribution in [0.1, 0.15) is 19.0 Å². The van der Waals surface area contributed by atoms with Crippen molar-refractivity contribution in [1.82, 2.24) is 15.1 Å². The molecule has 1 aromatic heterocycles. The van der Waals surface area contributed by atoms with Gasteiger partial charge in [-0.2, -0.15) is 5.10 Å². The number of methoxy groups -OCH3 is 1. The van der Waals surface area contributed by atoms with Gasteiger partial charge in [0.25, 0.3) is 0 Å². The molecule has 6 nitrogen and oxygen atoms in total. The van der Waals surface area contributed by atoms with Gasteiger partial charge < -0.3 is 19.5 Å². The van der Waals surface area contributed by atoms with Crippen LogP contribution in [0.15, 0.2) is 12.3 Å². The summed E-state index contributed by atoms with van der Waals surface area (Å²) in [5.41, 5.74) is 1.19. The SMILES string of the molecule is CCCNCc1ccnn1CCOCCOCCOC. The monoisotopic (exact) mass is 285 g/mol. The van der Waals surface area contributed by atoms with Gasteiger partial charge in [0.15, 0.2) is 0 Å². The highest BCUT2D eigenvalue weighted by Crippen LogP contribution is 1.98. The van der Waals surface area contributed by atoms with E-state index in [4.69, 9.17) is 14.2 Å². The molecule has 0 aromatic carbocycles. The molecule has 116 valence electrons. The van der Waals surface area contributed by atoms with Gasteiger partial charge in [-0.1, -0.05) is 6.92 Å². The molecule has 0 spiro atoms. The van der Waals surface area contributed by atoms with E-state index in [0.29, 0.717) is 33.0 Å². The molecule has 1 rings (SSSR count). The smallest absolute Gasteiger partial charge is 0.0701 e. The van der Waals surface area contributed by atoms with Crippen LogP contribution in [0.25, 0.3) is 0 Å². The normalized spacial score (nSPS) is 11.1. The second-order valence-electron chi connectivity index (χ2n) is 4.44. The Morgan fingerprint density at radius 3 is 2.65 bits per heavy atom. The quantitative estimate of drug-likeness (QED) is 0.549. The maximum atomic E-state index is 5.52. The summed E-state index contributed by atoms with van der Waals surface area (Å²) in [6, 6.07) is 2.04. The van der Waals surface area contributed by atoms with Crippen molar-refractivity contribution in [2.75, 3.05) is 46.7 Å². The van der Waals surface area contributed by atoms with E-state index in [-0.39, 0.29) is 0 Å². The molecule has 0 amide bonds. The van der Waals surface area contributed by atoms with Gasteiger partial charge in [0.2, 0.25) is 0 Å². The lowest BCUT2D eigenvalue weighted by Gasteiger charge is -2.09. The van der Waals surface area contributed by atoms with E-state index in [2.05, 4.69) is 17.3 Å². The largest absolute Gasteiger partial charge is 0.382 e. The first kappa shape index (κ1) is 17.1. The lowest BCUT2D eigenvalue weighted by atomic mass is 10.4. The highest BCUT2D eigenvalue weighted by atomic mass is 16.5. The van der Waals surface area contributed by atoms with Crippen molar-refractivity contribution in [3.05, 3.63) is 18.0 Å². The summed E-state index contributed by atoms with van der Waals surface area (Å²) in [6.45, 7) is 7.92. The van der Waals surface area contributed by atoms with Crippen LogP contribution < -0.4 is 5.32 Å². The van der Waals surface area contributed by atoms with Crippen LogP contribution in [-0.4, -0.2) is 56.5 Å². The maximum absolute atomic E-state index is 5.52. The molecule has 0 saturated heterocycles. The summed E-state index contributed by atoms with van der Waals surface area (Å²) in [4.78, 5) is 0. The fourth-order valence-electron chi connectivity index (χ4n) is 1.72. The molecule has 0 fully saturated rings. The first-order valence-electron chi connectivity index (χ1n) is 7.24. The molecule has 6 heteroatoms. The van der Waals surface area contributed by atoms with Crippen LogP contribution in [0.3, 0.4) is 0 Å². The zero-order chi connectivity index (χ0) is 14.5. The number of hydrogen-bond donors (Lipinski definition) is 1. The van der Waals surface area contributed by atoms with Crippen molar-refractivity contribution in [2.45, 2.75) is 26.4 Å². The standard InChI is InChI=1S/C14H27N3O3/c1-3-5-15-13-14-4-6-16-17(14)7-8-19-11-12-20-10-9-18-2/h4,6,15H,3,5,7-13H2,1-2H3. The number of nitrogens with one attached hydrogen (secondary N) is 1. The zero-order valence-corrected chi connectivity index (χ0v) is 12.6. The van der Waals surface area contributed by atoms with Crippen molar-refractivity contribution >= 4 is 0 Å². The van der Waals surface area contributed by atoms with E-state index in [1.165, 1.54) is 5.69 Å². The second-order valence-corrected chi connectivity index (χ2v) is 4.44. The minimum atomic E-state index is 0.605. The van der Waals surface area contributed by atoms with Gasteiger partial charge in [0.05, 0.1) is 45.3 Å². The Balaban J connectivity index is 2.05. The lowest BCUT2D eigenvalue weighted by molar-refractivity contribution is 0.0224. The van der Waals surface area contributed by atoms with Gasteiger partial charge >= 0.3 is 0 Å². The van der Waals surface area contributed by atoms with Crippen LogP contribution >= 0.6 is 0 Å². The topological polar surface area (TPSA) is 57.5 Å². The highest BCUT2D eigenvalue weighted by Gasteiger charge is 2.01. The molecular formula is C14H27N3O3. The van der Waals surface area contributed by atoms with Crippen LogP contribution in [0.4, 0.5) is 0 Å². The summed E-state index contributed by atoms with van der Waals surface area (Å²) in [7, 11) is 1.66. The first-order valence-corrected chi connectivity index (χ1v) is 7.24.